The van der Waals surface area contributed by atoms with Crippen LogP contribution >= 0.6 is 0 Å². The first-order valence-electron chi connectivity index (χ1n) is 6.97. The minimum Gasteiger partial charge on any atom is -0.354 e. The van der Waals surface area contributed by atoms with Crippen LogP contribution < -0.4 is 16.0 Å². The van der Waals surface area contributed by atoms with Gasteiger partial charge in [0, 0.05) is 24.9 Å². The van der Waals surface area contributed by atoms with Crippen molar-refractivity contribution in [3.05, 3.63) is 0 Å². The van der Waals surface area contributed by atoms with Gasteiger partial charge in [-0.3, -0.25) is 9.59 Å². The van der Waals surface area contributed by atoms with Crippen molar-refractivity contribution in [3.63, 3.8) is 0 Å². The minimum absolute atomic E-state index is 0.107. The maximum atomic E-state index is 12.1. The highest BCUT2D eigenvalue weighted by atomic mass is 16.2. The highest BCUT2D eigenvalue weighted by molar-refractivity contribution is 5.83. The van der Waals surface area contributed by atoms with Gasteiger partial charge in [0.1, 0.15) is 0 Å². The van der Waals surface area contributed by atoms with Crippen LogP contribution in [0.1, 0.15) is 32.1 Å². The lowest BCUT2D eigenvalue weighted by molar-refractivity contribution is -0.124. The van der Waals surface area contributed by atoms with E-state index in [0.717, 1.165) is 38.8 Å². The summed E-state index contributed by atoms with van der Waals surface area (Å²) in [5.41, 5.74) is 0.300. The van der Waals surface area contributed by atoms with Crippen LogP contribution in [-0.2, 0) is 9.59 Å². The standard InChI is InChI=1S/C13H21N3O2/c17-11-2-1-9(16-11)8-15-12(18)10-7-13(10)3-5-14-6-4-13/h9-10,14H,1-8H2,(H,15,18)(H,16,17). The number of carbonyl (C=O) groups is 2. The fourth-order valence-electron chi connectivity index (χ4n) is 3.37. The average molecular weight is 251 g/mol. The fourth-order valence-corrected chi connectivity index (χ4v) is 3.37. The summed E-state index contributed by atoms with van der Waals surface area (Å²) >= 11 is 0. The van der Waals surface area contributed by atoms with E-state index in [1.54, 1.807) is 0 Å². The van der Waals surface area contributed by atoms with Gasteiger partial charge in [0.25, 0.3) is 0 Å². The lowest BCUT2D eigenvalue weighted by Gasteiger charge is -2.23. The molecule has 2 unspecified atom stereocenters. The highest BCUT2D eigenvalue weighted by Gasteiger charge is 2.57. The van der Waals surface area contributed by atoms with Crippen molar-refractivity contribution in [2.24, 2.45) is 11.3 Å². The quantitative estimate of drug-likeness (QED) is 0.649. The van der Waals surface area contributed by atoms with Crippen LogP contribution in [0.5, 0.6) is 0 Å². The molecule has 3 N–H and O–H groups in total. The molecule has 5 heteroatoms. The Labute approximate surface area is 107 Å². The molecular weight excluding hydrogens is 230 g/mol. The van der Waals surface area contributed by atoms with E-state index in [4.69, 9.17) is 0 Å². The third-order valence-electron chi connectivity index (χ3n) is 4.71. The Hall–Kier alpha value is -1.10. The van der Waals surface area contributed by atoms with Crippen LogP contribution in [0.3, 0.4) is 0 Å². The van der Waals surface area contributed by atoms with Gasteiger partial charge in [0.15, 0.2) is 0 Å². The Morgan fingerprint density at radius 1 is 1.39 bits per heavy atom. The molecule has 1 spiro atoms. The van der Waals surface area contributed by atoms with Crippen molar-refractivity contribution in [2.45, 2.75) is 38.1 Å². The van der Waals surface area contributed by atoms with Crippen molar-refractivity contribution >= 4 is 11.8 Å². The largest absolute Gasteiger partial charge is 0.354 e. The molecule has 1 saturated carbocycles. The Bertz CT molecular complexity index is 363. The molecule has 2 saturated heterocycles. The average Bonchev–Trinajstić information content (AvgIpc) is 2.89. The molecule has 0 aromatic heterocycles. The molecule has 2 aliphatic heterocycles. The van der Waals surface area contributed by atoms with Crippen molar-refractivity contribution in [1.82, 2.24) is 16.0 Å². The predicted molar refractivity (Wildman–Crippen MR) is 66.8 cm³/mol. The lowest BCUT2D eigenvalue weighted by atomic mass is 9.92. The predicted octanol–water partition coefficient (Wildman–Crippen LogP) is -0.229. The Morgan fingerprint density at radius 2 is 2.17 bits per heavy atom. The molecule has 100 valence electrons. The molecule has 2 amide bonds. The summed E-state index contributed by atoms with van der Waals surface area (Å²) in [5.74, 6) is 0.519. The zero-order chi connectivity index (χ0) is 12.6. The van der Waals surface area contributed by atoms with Crippen LogP contribution in [0, 0.1) is 11.3 Å². The maximum Gasteiger partial charge on any atom is 0.223 e. The topological polar surface area (TPSA) is 70.2 Å². The first kappa shape index (κ1) is 12.0. The van der Waals surface area contributed by atoms with E-state index in [2.05, 4.69) is 16.0 Å². The third kappa shape index (κ3) is 2.23. The number of piperidine rings is 1. The summed E-state index contributed by atoms with van der Waals surface area (Å²) in [6.45, 7) is 2.68. The van der Waals surface area contributed by atoms with Gasteiger partial charge >= 0.3 is 0 Å². The van der Waals surface area contributed by atoms with Gasteiger partial charge in [-0.1, -0.05) is 0 Å². The van der Waals surface area contributed by atoms with E-state index >= 15 is 0 Å². The molecular formula is C13H21N3O2. The molecule has 3 rings (SSSR count). The second-order valence-corrected chi connectivity index (χ2v) is 5.92. The zero-order valence-electron chi connectivity index (χ0n) is 10.6. The van der Waals surface area contributed by atoms with Crippen molar-refractivity contribution in [2.75, 3.05) is 19.6 Å². The van der Waals surface area contributed by atoms with Crippen LogP contribution in [0.15, 0.2) is 0 Å². The van der Waals surface area contributed by atoms with Crippen LogP contribution in [0.25, 0.3) is 0 Å². The number of amides is 2. The van der Waals surface area contributed by atoms with Crippen LogP contribution in [-0.4, -0.2) is 37.5 Å². The van der Waals surface area contributed by atoms with Crippen LogP contribution in [0.2, 0.25) is 0 Å². The van der Waals surface area contributed by atoms with E-state index < -0.39 is 0 Å². The van der Waals surface area contributed by atoms with Crippen molar-refractivity contribution in [3.8, 4) is 0 Å². The van der Waals surface area contributed by atoms with Gasteiger partial charge in [-0.25, -0.2) is 0 Å². The summed E-state index contributed by atoms with van der Waals surface area (Å²) in [5, 5.41) is 9.22. The second-order valence-electron chi connectivity index (χ2n) is 5.92. The zero-order valence-corrected chi connectivity index (χ0v) is 10.6. The van der Waals surface area contributed by atoms with E-state index in [1.165, 1.54) is 0 Å². The fraction of sp³-hybridized carbons (Fsp3) is 0.846. The third-order valence-corrected chi connectivity index (χ3v) is 4.71. The lowest BCUT2D eigenvalue weighted by Crippen LogP contribution is -2.40. The van der Waals surface area contributed by atoms with E-state index in [1.807, 2.05) is 0 Å². The SMILES string of the molecule is O=C1CCC(CNC(=O)C2CC23CCNCC3)N1. The summed E-state index contributed by atoms with van der Waals surface area (Å²) in [4.78, 5) is 23.1. The van der Waals surface area contributed by atoms with Gasteiger partial charge in [0.05, 0.1) is 0 Å². The second kappa shape index (κ2) is 4.53. The van der Waals surface area contributed by atoms with E-state index in [-0.39, 0.29) is 23.8 Å². The van der Waals surface area contributed by atoms with E-state index in [0.29, 0.717) is 18.4 Å². The monoisotopic (exact) mass is 251 g/mol. The van der Waals surface area contributed by atoms with Crippen molar-refractivity contribution in [1.29, 1.82) is 0 Å². The number of nitrogens with one attached hydrogen (secondary N) is 3. The molecule has 2 atom stereocenters. The summed E-state index contributed by atoms with van der Waals surface area (Å²) < 4.78 is 0. The van der Waals surface area contributed by atoms with Gasteiger partial charge in [-0.05, 0) is 44.2 Å². The molecule has 5 nitrogen and oxygen atoms in total. The molecule has 0 bridgehead atoms. The van der Waals surface area contributed by atoms with Crippen molar-refractivity contribution < 1.29 is 9.59 Å². The number of hydrogen-bond donors (Lipinski definition) is 3. The van der Waals surface area contributed by atoms with Gasteiger partial charge in [-0.2, -0.15) is 0 Å². The Kier molecular flexibility index (Phi) is 3.01. The van der Waals surface area contributed by atoms with Gasteiger partial charge < -0.3 is 16.0 Å². The first-order chi connectivity index (χ1) is 8.70. The molecule has 0 aromatic carbocycles. The number of rotatable bonds is 3. The first-order valence-corrected chi connectivity index (χ1v) is 6.97. The maximum absolute atomic E-state index is 12.1. The minimum atomic E-state index is 0.107. The number of carbonyl (C=O) groups excluding carboxylic acids is 2. The van der Waals surface area contributed by atoms with Crippen LogP contribution in [0.4, 0.5) is 0 Å². The normalized spacial score (nSPS) is 33.2. The summed E-state index contributed by atoms with van der Waals surface area (Å²) in [7, 11) is 0. The molecule has 2 heterocycles. The summed E-state index contributed by atoms with van der Waals surface area (Å²) in [6, 6.07) is 0.143. The van der Waals surface area contributed by atoms with Gasteiger partial charge in [-0.15, -0.1) is 0 Å². The van der Waals surface area contributed by atoms with Gasteiger partial charge in [0.2, 0.25) is 11.8 Å². The molecule has 3 fully saturated rings. The Morgan fingerprint density at radius 3 is 2.83 bits per heavy atom. The van der Waals surface area contributed by atoms with E-state index in [9.17, 15) is 9.59 Å². The molecule has 1 aliphatic carbocycles. The molecule has 3 aliphatic rings. The number of hydrogen-bond acceptors (Lipinski definition) is 3. The molecule has 18 heavy (non-hydrogen) atoms. The summed E-state index contributed by atoms with van der Waals surface area (Å²) in [6.07, 6.45) is 4.76. The smallest absolute Gasteiger partial charge is 0.223 e. The highest BCUT2D eigenvalue weighted by Crippen LogP contribution is 2.58. The molecule has 0 radical (unpaired) electrons. The molecule has 0 aromatic rings. The Balaban J connectivity index is 1.44.